The third-order valence-electron chi connectivity index (χ3n) is 2.42. The lowest BCUT2D eigenvalue weighted by atomic mass is 10.3. The van der Waals surface area contributed by atoms with Gasteiger partial charge in [-0.2, -0.15) is 0 Å². The lowest BCUT2D eigenvalue weighted by Gasteiger charge is -2.11. The zero-order valence-electron chi connectivity index (χ0n) is 10.8. The van der Waals surface area contributed by atoms with Crippen molar-refractivity contribution in [2.75, 3.05) is 20.3 Å². The van der Waals surface area contributed by atoms with E-state index in [2.05, 4.69) is 5.32 Å². The lowest BCUT2D eigenvalue weighted by Crippen LogP contribution is -2.38. The van der Waals surface area contributed by atoms with Gasteiger partial charge in [0.25, 0.3) is 0 Å². The molecule has 1 atom stereocenters. The van der Waals surface area contributed by atoms with Crippen LogP contribution in [0.4, 0.5) is 0 Å². The Morgan fingerprint density at radius 2 is 1.94 bits per heavy atom. The fraction of sp³-hybridized carbons (Fsp3) is 0.462. The minimum atomic E-state index is -0.0542. The van der Waals surface area contributed by atoms with Gasteiger partial charge in [-0.25, -0.2) is 0 Å². The zero-order valence-corrected chi connectivity index (χ0v) is 10.8. The Hall–Kier alpha value is -1.75. The number of nitrogens with two attached hydrogens (primary N) is 1. The molecule has 0 bridgehead atoms. The van der Waals surface area contributed by atoms with E-state index in [4.69, 9.17) is 15.2 Å². The second kappa shape index (κ2) is 7.55. The van der Waals surface area contributed by atoms with Crippen LogP contribution in [0.25, 0.3) is 0 Å². The molecule has 18 heavy (non-hydrogen) atoms. The van der Waals surface area contributed by atoms with Crippen molar-refractivity contribution in [2.45, 2.75) is 19.4 Å². The van der Waals surface area contributed by atoms with Crippen LogP contribution in [-0.4, -0.2) is 32.2 Å². The summed E-state index contributed by atoms with van der Waals surface area (Å²) in [6, 6.07) is 7.23. The molecule has 1 aromatic rings. The minimum Gasteiger partial charge on any atom is -0.497 e. The van der Waals surface area contributed by atoms with Gasteiger partial charge in [-0.1, -0.05) is 0 Å². The number of carbonyl (C=O) groups is 1. The first-order valence-electron chi connectivity index (χ1n) is 5.92. The fourth-order valence-corrected chi connectivity index (χ4v) is 1.34. The quantitative estimate of drug-likeness (QED) is 0.757. The molecule has 0 aromatic heterocycles. The van der Waals surface area contributed by atoms with E-state index in [-0.39, 0.29) is 11.9 Å². The maximum atomic E-state index is 11.4. The van der Waals surface area contributed by atoms with Gasteiger partial charge in [-0.15, -0.1) is 0 Å². The summed E-state index contributed by atoms with van der Waals surface area (Å²) in [5.74, 6) is 1.44. The Kier molecular flexibility index (Phi) is 6.00. The summed E-state index contributed by atoms with van der Waals surface area (Å²) in [5, 5.41) is 2.77. The number of hydrogen-bond acceptors (Lipinski definition) is 4. The molecule has 0 spiro atoms. The van der Waals surface area contributed by atoms with Crippen LogP contribution < -0.4 is 20.5 Å². The standard InChI is InChI=1S/C13H20N2O3/c1-10(9-14)15-13(16)7-8-18-12-5-3-11(17-2)4-6-12/h3-6,10H,7-9,14H2,1-2H3,(H,15,16)/t10-/m0/s1. The first-order chi connectivity index (χ1) is 8.65. The average molecular weight is 252 g/mol. The van der Waals surface area contributed by atoms with E-state index in [0.29, 0.717) is 19.6 Å². The van der Waals surface area contributed by atoms with E-state index < -0.39 is 0 Å². The minimum absolute atomic E-state index is 0.00140. The second-order valence-corrected chi connectivity index (χ2v) is 3.98. The van der Waals surface area contributed by atoms with Crippen LogP contribution in [0.5, 0.6) is 11.5 Å². The Morgan fingerprint density at radius 3 is 2.50 bits per heavy atom. The molecular formula is C13H20N2O3. The maximum absolute atomic E-state index is 11.4. The van der Waals surface area contributed by atoms with E-state index in [1.807, 2.05) is 19.1 Å². The van der Waals surface area contributed by atoms with Gasteiger partial charge in [0.15, 0.2) is 0 Å². The summed E-state index contributed by atoms with van der Waals surface area (Å²) in [6.07, 6.45) is 0.316. The van der Waals surface area contributed by atoms with Crippen LogP contribution in [0, 0.1) is 0 Å². The predicted molar refractivity (Wildman–Crippen MR) is 69.8 cm³/mol. The third-order valence-corrected chi connectivity index (χ3v) is 2.42. The normalized spacial score (nSPS) is 11.7. The van der Waals surface area contributed by atoms with Gasteiger partial charge in [-0.3, -0.25) is 4.79 Å². The molecule has 0 saturated carbocycles. The number of rotatable bonds is 7. The van der Waals surface area contributed by atoms with Crippen molar-refractivity contribution in [1.82, 2.24) is 5.32 Å². The van der Waals surface area contributed by atoms with Crippen LogP contribution in [0.2, 0.25) is 0 Å². The number of amides is 1. The largest absolute Gasteiger partial charge is 0.497 e. The first-order valence-corrected chi connectivity index (χ1v) is 5.92. The van der Waals surface area contributed by atoms with Crippen LogP contribution in [-0.2, 0) is 4.79 Å². The Morgan fingerprint density at radius 1 is 1.33 bits per heavy atom. The molecule has 0 radical (unpaired) electrons. The Labute approximate surface area is 107 Å². The third kappa shape index (κ3) is 5.05. The lowest BCUT2D eigenvalue weighted by molar-refractivity contribution is -0.122. The highest BCUT2D eigenvalue weighted by Crippen LogP contribution is 2.16. The predicted octanol–water partition coefficient (Wildman–Crippen LogP) is 0.927. The molecule has 1 amide bonds. The Balaban J connectivity index is 2.26. The summed E-state index contributed by atoms with van der Waals surface area (Å²) in [6.45, 7) is 2.64. The molecule has 1 aromatic carbocycles. The maximum Gasteiger partial charge on any atom is 0.223 e. The highest BCUT2D eigenvalue weighted by molar-refractivity contribution is 5.76. The molecule has 0 fully saturated rings. The van der Waals surface area contributed by atoms with E-state index in [1.54, 1.807) is 19.2 Å². The van der Waals surface area contributed by atoms with Crippen molar-refractivity contribution in [2.24, 2.45) is 5.73 Å². The van der Waals surface area contributed by atoms with Crippen molar-refractivity contribution >= 4 is 5.91 Å². The van der Waals surface area contributed by atoms with Crippen LogP contribution in [0.3, 0.4) is 0 Å². The number of carbonyl (C=O) groups excluding carboxylic acids is 1. The molecular weight excluding hydrogens is 232 g/mol. The van der Waals surface area contributed by atoms with E-state index in [9.17, 15) is 4.79 Å². The fourth-order valence-electron chi connectivity index (χ4n) is 1.34. The molecule has 5 heteroatoms. The Bertz CT molecular complexity index is 365. The monoisotopic (exact) mass is 252 g/mol. The summed E-state index contributed by atoms with van der Waals surface area (Å²) in [5.41, 5.74) is 5.41. The molecule has 0 aliphatic heterocycles. The van der Waals surface area contributed by atoms with Gasteiger partial charge in [0, 0.05) is 12.6 Å². The summed E-state index contributed by atoms with van der Waals surface area (Å²) in [4.78, 5) is 11.4. The van der Waals surface area contributed by atoms with Gasteiger partial charge in [0.05, 0.1) is 20.1 Å². The van der Waals surface area contributed by atoms with Gasteiger partial charge >= 0.3 is 0 Å². The molecule has 3 N–H and O–H groups in total. The molecule has 0 aliphatic rings. The topological polar surface area (TPSA) is 73.6 Å². The second-order valence-electron chi connectivity index (χ2n) is 3.98. The van der Waals surface area contributed by atoms with Crippen LogP contribution >= 0.6 is 0 Å². The van der Waals surface area contributed by atoms with Crippen molar-refractivity contribution in [1.29, 1.82) is 0 Å². The molecule has 1 rings (SSSR count). The molecule has 5 nitrogen and oxygen atoms in total. The van der Waals surface area contributed by atoms with Crippen LogP contribution in [0.1, 0.15) is 13.3 Å². The number of hydrogen-bond donors (Lipinski definition) is 2. The number of ether oxygens (including phenoxy) is 2. The van der Waals surface area contributed by atoms with E-state index in [0.717, 1.165) is 11.5 Å². The van der Waals surface area contributed by atoms with Crippen molar-refractivity contribution in [3.63, 3.8) is 0 Å². The summed E-state index contributed by atoms with van der Waals surface area (Å²) < 4.78 is 10.5. The molecule has 0 saturated heterocycles. The summed E-state index contributed by atoms with van der Waals surface area (Å²) >= 11 is 0. The molecule has 100 valence electrons. The van der Waals surface area contributed by atoms with Gasteiger partial charge in [-0.05, 0) is 31.2 Å². The van der Waals surface area contributed by atoms with Gasteiger partial charge < -0.3 is 20.5 Å². The van der Waals surface area contributed by atoms with Crippen molar-refractivity contribution in [3.05, 3.63) is 24.3 Å². The first kappa shape index (κ1) is 14.3. The van der Waals surface area contributed by atoms with Gasteiger partial charge in [0.1, 0.15) is 11.5 Å². The van der Waals surface area contributed by atoms with Crippen molar-refractivity contribution in [3.8, 4) is 11.5 Å². The van der Waals surface area contributed by atoms with Gasteiger partial charge in [0.2, 0.25) is 5.91 Å². The van der Waals surface area contributed by atoms with Crippen molar-refractivity contribution < 1.29 is 14.3 Å². The average Bonchev–Trinajstić information content (AvgIpc) is 2.39. The number of benzene rings is 1. The highest BCUT2D eigenvalue weighted by atomic mass is 16.5. The number of methoxy groups -OCH3 is 1. The number of nitrogens with one attached hydrogen (secondary N) is 1. The molecule has 0 aliphatic carbocycles. The summed E-state index contributed by atoms with van der Waals surface area (Å²) in [7, 11) is 1.61. The van der Waals surface area contributed by atoms with E-state index in [1.165, 1.54) is 0 Å². The highest BCUT2D eigenvalue weighted by Gasteiger charge is 2.05. The molecule has 0 heterocycles. The van der Waals surface area contributed by atoms with Crippen LogP contribution in [0.15, 0.2) is 24.3 Å². The zero-order chi connectivity index (χ0) is 13.4. The van der Waals surface area contributed by atoms with E-state index >= 15 is 0 Å². The smallest absolute Gasteiger partial charge is 0.223 e. The SMILES string of the molecule is COc1ccc(OCCC(=O)N[C@@H](C)CN)cc1. The molecule has 0 unspecified atom stereocenters.